The molecule has 0 heterocycles. The van der Waals surface area contributed by atoms with Gasteiger partial charge >= 0.3 is 0 Å². The number of nitrogens with one attached hydrogen (secondary N) is 1. The second-order valence-electron chi connectivity index (χ2n) is 10.1. The highest BCUT2D eigenvalue weighted by Gasteiger charge is 2.01. The molecule has 0 fully saturated rings. The standard InChI is InChI=1S/C33H49NO2S/c1-2-3-4-5-6-7-8-9-10-11-12-13-14-15-16-17-27-37-32-20-18-19-30(28-32)34-33(36)26-23-29-21-24-31(35)25-22-29/h18-26,28,35H,2-17,27H2,1H3,(H,34,36). The van der Waals surface area contributed by atoms with E-state index in [9.17, 15) is 9.90 Å². The van der Waals surface area contributed by atoms with Crippen LogP contribution >= 0.6 is 11.8 Å². The largest absolute Gasteiger partial charge is 0.508 e. The summed E-state index contributed by atoms with van der Waals surface area (Å²) in [7, 11) is 0. The van der Waals surface area contributed by atoms with Gasteiger partial charge in [0.05, 0.1) is 0 Å². The van der Waals surface area contributed by atoms with Crippen molar-refractivity contribution >= 4 is 29.4 Å². The molecule has 0 atom stereocenters. The summed E-state index contributed by atoms with van der Waals surface area (Å²) in [5.74, 6) is 1.18. The van der Waals surface area contributed by atoms with Gasteiger partial charge in [0.2, 0.25) is 5.91 Å². The molecule has 0 aliphatic heterocycles. The number of carbonyl (C=O) groups excluding carboxylic acids is 1. The number of phenolic OH excluding ortho intramolecular Hbond substituents is 1. The van der Waals surface area contributed by atoms with Gasteiger partial charge in [0.25, 0.3) is 0 Å². The number of aromatic hydroxyl groups is 1. The number of hydrogen-bond acceptors (Lipinski definition) is 3. The Hall–Kier alpha value is -2.20. The number of phenols is 1. The fourth-order valence-corrected chi connectivity index (χ4v) is 5.41. The third-order valence-electron chi connectivity index (χ3n) is 6.69. The fourth-order valence-electron chi connectivity index (χ4n) is 4.45. The van der Waals surface area contributed by atoms with E-state index in [1.807, 2.05) is 30.0 Å². The van der Waals surface area contributed by atoms with Crippen molar-refractivity contribution in [3.8, 4) is 5.75 Å². The van der Waals surface area contributed by atoms with Crippen LogP contribution in [0.15, 0.2) is 59.5 Å². The normalized spacial score (nSPS) is 11.3. The van der Waals surface area contributed by atoms with Gasteiger partial charge in [0.1, 0.15) is 5.75 Å². The van der Waals surface area contributed by atoms with E-state index in [4.69, 9.17) is 0 Å². The topological polar surface area (TPSA) is 49.3 Å². The van der Waals surface area contributed by atoms with Gasteiger partial charge in [0, 0.05) is 16.7 Å². The van der Waals surface area contributed by atoms with Gasteiger partial charge in [-0.1, -0.05) is 121 Å². The summed E-state index contributed by atoms with van der Waals surface area (Å²) in [4.78, 5) is 13.4. The van der Waals surface area contributed by atoms with Crippen LogP contribution in [0.25, 0.3) is 6.08 Å². The Balaban J connectivity index is 1.45. The lowest BCUT2D eigenvalue weighted by molar-refractivity contribution is -0.111. The summed E-state index contributed by atoms with van der Waals surface area (Å²) < 4.78 is 0. The number of amides is 1. The average Bonchev–Trinajstić information content (AvgIpc) is 2.90. The molecule has 204 valence electrons. The summed E-state index contributed by atoms with van der Waals surface area (Å²) >= 11 is 1.87. The zero-order chi connectivity index (χ0) is 26.4. The number of rotatable bonds is 21. The highest BCUT2D eigenvalue weighted by atomic mass is 32.2. The van der Waals surface area contributed by atoms with E-state index in [0.717, 1.165) is 17.0 Å². The van der Waals surface area contributed by atoms with Crippen LogP contribution < -0.4 is 5.32 Å². The summed E-state index contributed by atoms with van der Waals surface area (Å²) in [5.41, 5.74) is 1.69. The van der Waals surface area contributed by atoms with Crippen molar-refractivity contribution in [3.63, 3.8) is 0 Å². The molecule has 0 spiro atoms. The molecular weight excluding hydrogens is 474 g/mol. The van der Waals surface area contributed by atoms with Crippen LogP contribution in [0.2, 0.25) is 0 Å². The second kappa shape index (κ2) is 20.8. The molecule has 0 saturated heterocycles. The molecule has 0 unspecified atom stereocenters. The zero-order valence-electron chi connectivity index (χ0n) is 23.1. The van der Waals surface area contributed by atoms with E-state index < -0.39 is 0 Å². The van der Waals surface area contributed by atoms with Crippen LogP contribution in [0.4, 0.5) is 5.69 Å². The lowest BCUT2D eigenvalue weighted by Gasteiger charge is -2.06. The molecule has 0 bridgehead atoms. The van der Waals surface area contributed by atoms with Crippen LogP contribution in [-0.4, -0.2) is 16.8 Å². The van der Waals surface area contributed by atoms with E-state index in [2.05, 4.69) is 18.3 Å². The maximum atomic E-state index is 12.2. The van der Waals surface area contributed by atoms with E-state index in [-0.39, 0.29) is 11.7 Å². The van der Waals surface area contributed by atoms with Crippen LogP contribution in [-0.2, 0) is 4.79 Å². The molecule has 1 amide bonds. The van der Waals surface area contributed by atoms with Crippen LogP contribution in [0, 0.1) is 0 Å². The average molecular weight is 524 g/mol. The summed E-state index contributed by atoms with van der Waals surface area (Å²) in [6.07, 6.45) is 25.6. The SMILES string of the molecule is CCCCCCCCCCCCCCCCCCSc1cccc(NC(=O)C=Cc2ccc(O)cc2)c1. The predicted octanol–water partition coefficient (Wildman–Crippen LogP) is 10.4. The Kier molecular flexibility index (Phi) is 17.4. The molecule has 2 aromatic rings. The molecule has 0 radical (unpaired) electrons. The molecule has 2 N–H and O–H groups in total. The van der Waals surface area contributed by atoms with Crippen molar-refractivity contribution in [1.82, 2.24) is 0 Å². The Labute approximate surface area is 230 Å². The quantitative estimate of drug-likeness (QED) is 0.0971. The van der Waals surface area contributed by atoms with Crippen LogP contribution in [0.5, 0.6) is 5.75 Å². The van der Waals surface area contributed by atoms with Crippen molar-refractivity contribution in [3.05, 3.63) is 60.2 Å². The van der Waals surface area contributed by atoms with E-state index in [1.54, 1.807) is 30.3 Å². The lowest BCUT2D eigenvalue weighted by Crippen LogP contribution is -2.07. The third kappa shape index (κ3) is 16.3. The summed E-state index contributed by atoms with van der Waals surface area (Å²) in [5, 5.41) is 12.3. The number of carbonyl (C=O) groups is 1. The lowest BCUT2D eigenvalue weighted by atomic mass is 10.0. The number of hydrogen-bond donors (Lipinski definition) is 2. The van der Waals surface area contributed by atoms with Crippen LogP contribution in [0.1, 0.15) is 115 Å². The summed E-state index contributed by atoms with van der Waals surface area (Å²) in [6, 6.07) is 14.8. The number of thioether (sulfide) groups is 1. The Morgan fingerprint density at radius 1 is 0.757 bits per heavy atom. The van der Waals surface area contributed by atoms with Crippen molar-refractivity contribution in [2.45, 2.75) is 115 Å². The van der Waals surface area contributed by atoms with Gasteiger partial charge in [-0.25, -0.2) is 0 Å². The third-order valence-corrected chi connectivity index (χ3v) is 7.77. The molecule has 3 nitrogen and oxygen atoms in total. The number of benzene rings is 2. The minimum atomic E-state index is -0.159. The molecule has 37 heavy (non-hydrogen) atoms. The molecular formula is C33H49NO2S. The first-order valence-electron chi connectivity index (χ1n) is 14.7. The van der Waals surface area contributed by atoms with Crippen molar-refractivity contribution < 1.29 is 9.90 Å². The highest BCUT2D eigenvalue weighted by Crippen LogP contribution is 2.23. The molecule has 0 saturated carbocycles. The minimum Gasteiger partial charge on any atom is -0.508 e. The Morgan fingerprint density at radius 3 is 1.86 bits per heavy atom. The number of anilines is 1. The van der Waals surface area contributed by atoms with Gasteiger partial charge in [-0.15, -0.1) is 11.8 Å². The van der Waals surface area contributed by atoms with Gasteiger partial charge in [0.15, 0.2) is 0 Å². The predicted molar refractivity (Wildman–Crippen MR) is 162 cm³/mol. The Morgan fingerprint density at radius 2 is 1.30 bits per heavy atom. The smallest absolute Gasteiger partial charge is 0.248 e. The first kappa shape index (κ1) is 31.0. The Bertz CT molecular complexity index is 878. The second-order valence-corrected chi connectivity index (χ2v) is 11.3. The molecule has 0 aliphatic rings. The van der Waals surface area contributed by atoms with E-state index >= 15 is 0 Å². The minimum absolute atomic E-state index is 0.159. The first-order chi connectivity index (χ1) is 18.2. The van der Waals surface area contributed by atoms with Crippen molar-refractivity contribution in [1.29, 1.82) is 0 Å². The number of unbranched alkanes of at least 4 members (excludes halogenated alkanes) is 15. The highest BCUT2D eigenvalue weighted by molar-refractivity contribution is 7.99. The summed E-state index contributed by atoms with van der Waals surface area (Å²) in [6.45, 7) is 2.29. The van der Waals surface area contributed by atoms with Gasteiger partial charge in [-0.3, -0.25) is 4.79 Å². The molecule has 4 heteroatoms. The van der Waals surface area contributed by atoms with Gasteiger partial charge in [-0.05, 0) is 54.1 Å². The molecule has 2 rings (SSSR count). The van der Waals surface area contributed by atoms with E-state index in [0.29, 0.717) is 0 Å². The molecule has 2 aromatic carbocycles. The van der Waals surface area contributed by atoms with Crippen molar-refractivity contribution in [2.24, 2.45) is 0 Å². The maximum absolute atomic E-state index is 12.2. The van der Waals surface area contributed by atoms with Crippen molar-refractivity contribution in [2.75, 3.05) is 11.1 Å². The van der Waals surface area contributed by atoms with Crippen LogP contribution in [0.3, 0.4) is 0 Å². The van der Waals surface area contributed by atoms with Gasteiger partial charge < -0.3 is 10.4 Å². The molecule has 0 aliphatic carbocycles. The monoisotopic (exact) mass is 523 g/mol. The molecule has 0 aromatic heterocycles. The maximum Gasteiger partial charge on any atom is 0.248 e. The zero-order valence-corrected chi connectivity index (χ0v) is 23.9. The first-order valence-corrected chi connectivity index (χ1v) is 15.7. The van der Waals surface area contributed by atoms with Gasteiger partial charge in [-0.2, -0.15) is 0 Å². The fraction of sp³-hybridized carbons (Fsp3) is 0.545. The van der Waals surface area contributed by atoms with E-state index in [1.165, 1.54) is 114 Å².